The summed E-state index contributed by atoms with van der Waals surface area (Å²) in [4.78, 5) is 10.1. The molecule has 0 N–H and O–H groups in total. The van der Waals surface area contributed by atoms with Gasteiger partial charge in [-0.2, -0.15) is 0 Å². The summed E-state index contributed by atoms with van der Waals surface area (Å²) >= 11 is 3.21. The summed E-state index contributed by atoms with van der Waals surface area (Å²) in [5, 5.41) is 2.81. The monoisotopic (exact) mass is 199 g/mol. The summed E-state index contributed by atoms with van der Waals surface area (Å²) in [6.07, 6.45) is 0. The normalized spacial score (nSPS) is 9.40. The summed E-state index contributed by atoms with van der Waals surface area (Å²) in [5.41, 5.74) is 1.56. The van der Waals surface area contributed by atoms with E-state index in [2.05, 4.69) is 21.1 Å². The fraction of sp³-hybridized carbons (Fsp3) is 0.143. The van der Waals surface area contributed by atoms with Crippen LogP contribution in [0.4, 0.5) is 5.69 Å². The summed E-state index contributed by atoms with van der Waals surface area (Å²) in [6, 6.07) is 5.39. The smallest absolute Gasteiger partial charge is 0.122 e. The highest BCUT2D eigenvalue weighted by molar-refractivity contribution is 9.10. The van der Waals surface area contributed by atoms with Crippen LogP contribution in [0.5, 0.6) is 0 Å². The van der Waals surface area contributed by atoms with Crippen LogP contribution in [-0.4, -0.2) is 0 Å². The maximum Gasteiger partial charge on any atom is 0.122 e. The molecule has 2 nitrogen and oxygen atoms in total. The molecule has 0 bridgehead atoms. The van der Waals surface area contributed by atoms with E-state index in [1.165, 1.54) is 0 Å². The van der Waals surface area contributed by atoms with Gasteiger partial charge in [-0.3, -0.25) is 0 Å². The Bertz CT molecular complexity index is 260. The van der Waals surface area contributed by atoms with Crippen molar-refractivity contribution in [2.45, 2.75) is 6.92 Å². The van der Waals surface area contributed by atoms with Crippen LogP contribution in [0.3, 0.4) is 0 Å². The van der Waals surface area contributed by atoms with Crippen molar-refractivity contribution in [1.29, 1.82) is 0 Å². The van der Waals surface area contributed by atoms with E-state index in [-0.39, 0.29) is 0 Å². The number of hydrogen-bond donors (Lipinski definition) is 0. The van der Waals surface area contributed by atoms with Crippen LogP contribution in [0, 0.1) is 11.8 Å². The van der Waals surface area contributed by atoms with Gasteiger partial charge in [0, 0.05) is 4.47 Å². The molecule has 1 rings (SSSR count). The zero-order valence-corrected chi connectivity index (χ0v) is 7.05. The standard InChI is InChI=1S/C7H6BrNO/c1-5-2-3-7(9-10)6(8)4-5/h2-4H,1H3. The second kappa shape index (κ2) is 2.92. The van der Waals surface area contributed by atoms with Gasteiger partial charge in [0.25, 0.3) is 0 Å². The van der Waals surface area contributed by atoms with Crippen molar-refractivity contribution in [3.05, 3.63) is 33.1 Å². The molecular formula is C7H6BrNO. The minimum Gasteiger partial charge on any atom is -0.145 e. The van der Waals surface area contributed by atoms with Crippen molar-refractivity contribution >= 4 is 21.6 Å². The lowest BCUT2D eigenvalue weighted by Crippen LogP contribution is -1.71. The van der Waals surface area contributed by atoms with E-state index in [9.17, 15) is 4.91 Å². The second-order valence-electron chi connectivity index (χ2n) is 2.05. The van der Waals surface area contributed by atoms with Crippen LogP contribution in [0.1, 0.15) is 5.56 Å². The molecule has 1 aromatic rings. The zero-order chi connectivity index (χ0) is 7.56. The Labute approximate surface area is 67.4 Å². The zero-order valence-electron chi connectivity index (χ0n) is 5.47. The van der Waals surface area contributed by atoms with Crippen molar-refractivity contribution in [3.8, 4) is 0 Å². The molecule has 0 aromatic heterocycles. The third-order valence-corrected chi connectivity index (χ3v) is 1.84. The number of nitroso groups, excluding NO2 is 1. The SMILES string of the molecule is Cc1ccc(N=O)c(Br)c1. The van der Waals surface area contributed by atoms with Gasteiger partial charge in [0.15, 0.2) is 0 Å². The summed E-state index contributed by atoms with van der Waals surface area (Å²) < 4.78 is 0.752. The van der Waals surface area contributed by atoms with Gasteiger partial charge in [-0.1, -0.05) is 6.07 Å². The maximum absolute atomic E-state index is 10.1. The van der Waals surface area contributed by atoms with Gasteiger partial charge in [-0.25, -0.2) is 0 Å². The van der Waals surface area contributed by atoms with E-state index in [1.54, 1.807) is 6.07 Å². The highest BCUT2D eigenvalue weighted by atomic mass is 79.9. The Kier molecular flexibility index (Phi) is 2.17. The van der Waals surface area contributed by atoms with Crippen molar-refractivity contribution in [2.75, 3.05) is 0 Å². The first-order chi connectivity index (χ1) is 4.74. The molecule has 0 radical (unpaired) electrons. The molecule has 0 amide bonds. The summed E-state index contributed by atoms with van der Waals surface area (Å²) in [7, 11) is 0. The van der Waals surface area contributed by atoms with Crippen LogP contribution in [-0.2, 0) is 0 Å². The number of hydrogen-bond acceptors (Lipinski definition) is 2. The predicted molar refractivity (Wildman–Crippen MR) is 44.3 cm³/mol. The molecule has 0 spiro atoms. The molecule has 0 saturated heterocycles. The van der Waals surface area contributed by atoms with E-state index < -0.39 is 0 Å². The van der Waals surface area contributed by atoms with Crippen LogP contribution >= 0.6 is 15.9 Å². The molecule has 0 aliphatic carbocycles. The number of benzene rings is 1. The Balaban J connectivity index is 3.19. The van der Waals surface area contributed by atoms with E-state index in [0.29, 0.717) is 5.69 Å². The first-order valence-electron chi connectivity index (χ1n) is 2.83. The fourth-order valence-electron chi connectivity index (χ4n) is 0.686. The molecule has 0 atom stereocenters. The largest absolute Gasteiger partial charge is 0.145 e. The molecule has 0 aliphatic heterocycles. The Hall–Kier alpha value is -0.700. The van der Waals surface area contributed by atoms with Crippen LogP contribution in [0.2, 0.25) is 0 Å². The van der Waals surface area contributed by atoms with Gasteiger partial charge in [0.05, 0.1) is 0 Å². The molecule has 3 heteroatoms. The van der Waals surface area contributed by atoms with Gasteiger partial charge in [-0.05, 0) is 45.7 Å². The Morgan fingerprint density at radius 3 is 2.70 bits per heavy atom. The van der Waals surface area contributed by atoms with Crippen LogP contribution < -0.4 is 0 Å². The molecule has 0 saturated carbocycles. The fourth-order valence-corrected chi connectivity index (χ4v) is 1.25. The van der Waals surface area contributed by atoms with E-state index in [0.717, 1.165) is 10.0 Å². The van der Waals surface area contributed by atoms with Crippen LogP contribution in [0.15, 0.2) is 27.8 Å². The molecular weight excluding hydrogens is 194 g/mol. The second-order valence-corrected chi connectivity index (χ2v) is 2.90. The van der Waals surface area contributed by atoms with Gasteiger partial charge in [-0.15, -0.1) is 4.91 Å². The van der Waals surface area contributed by atoms with Gasteiger partial charge in [0.2, 0.25) is 0 Å². The average Bonchev–Trinajstić information content (AvgIpc) is 1.88. The molecule has 0 unspecified atom stereocenters. The van der Waals surface area contributed by atoms with Crippen molar-refractivity contribution in [3.63, 3.8) is 0 Å². The topological polar surface area (TPSA) is 29.4 Å². The molecule has 0 fully saturated rings. The number of halogens is 1. The van der Waals surface area contributed by atoms with Gasteiger partial charge < -0.3 is 0 Å². The molecule has 10 heavy (non-hydrogen) atoms. The lowest BCUT2D eigenvalue weighted by Gasteiger charge is -1.94. The minimum atomic E-state index is 0.450. The Morgan fingerprint density at radius 1 is 1.50 bits per heavy atom. The molecule has 0 aliphatic rings. The van der Waals surface area contributed by atoms with Crippen molar-refractivity contribution in [1.82, 2.24) is 0 Å². The van der Waals surface area contributed by atoms with Crippen LogP contribution in [0.25, 0.3) is 0 Å². The average molecular weight is 200 g/mol. The highest BCUT2D eigenvalue weighted by Gasteiger charge is 1.97. The van der Waals surface area contributed by atoms with Crippen molar-refractivity contribution in [2.24, 2.45) is 5.18 Å². The third kappa shape index (κ3) is 1.42. The van der Waals surface area contributed by atoms with Crippen molar-refractivity contribution < 1.29 is 0 Å². The first kappa shape index (κ1) is 7.41. The summed E-state index contributed by atoms with van der Waals surface area (Å²) in [6.45, 7) is 1.96. The van der Waals surface area contributed by atoms with E-state index in [4.69, 9.17) is 0 Å². The van der Waals surface area contributed by atoms with Gasteiger partial charge >= 0.3 is 0 Å². The van der Waals surface area contributed by atoms with Gasteiger partial charge in [0.1, 0.15) is 5.69 Å². The van der Waals surface area contributed by atoms with E-state index in [1.807, 2.05) is 19.1 Å². The molecule has 0 heterocycles. The first-order valence-corrected chi connectivity index (χ1v) is 3.63. The lowest BCUT2D eigenvalue weighted by atomic mass is 10.2. The quantitative estimate of drug-likeness (QED) is 0.640. The number of aryl methyl sites for hydroxylation is 1. The predicted octanol–water partition coefficient (Wildman–Crippen LogP) is 3.16. The molecule has 1 aromatic carbocycles. The third-order valence-electron chi connectivity index (χ3n) is 1.20. The summed E-state index contributed by atoms with van der Waals surface area (Å²) in [5.74, 6) is 0. The minimum absolute atomic E-state index is 0.450. The molecule has 52 valence electrons. The maximum atomic E-state index is 10.1. The lowest BCUT2D eigenvalue weighted by molar-refractivity contribution is 1.40. The van der Waals surface area contributed by atoms with E-state index >= 15 is 0 Å². The highest BCUT2D eigenvalue weighted by Crippen LogP contribution is 2.25. The number of rotatable bonds is 1. The number of nitrogens with zero attached hydrogens (tertiary/aromatic N) is 1. The Morgan fingerprint density at radius 2 is 2.20 bits per heavy atom.